The second kappa shape index (κ2) is 7.97. The summed E-state index contributed by atoms with van der Waals surface area (Å²) in [5, 5.41) is 13.7. The van der Waals surface area contributed by atoms with Crippen molar-refractivity contribution >= 4 is 5.69 Å². The summed E-state index contributed by atoms with van der Waals surface area (Å²) in [4.78, 5) is 2.05. The van der Waals surface area contributed by atoms with E-state index < -0.39 is 6.10 Å². The Morgan fingerprint density at radius 2 is 1.59 bits per heavy atom. The van der Waals surface area contributed by atoms with Crippen LogP contribution in [0.3, 0.4) is 0 Å². The highest BCUT2D eigenvalue weighted by atomic mass is 16.3. The molecule has 2 N–H and O–H groups in total. The van der Waals surface area contributed by atoms with Crippen LogP contribution in [0.15, 0.2) is 54.6 Å². The summed E-state index contributed by atoms with van der Waals surface area (Å²) in [5.74, 6) is 0. The molecule has 2 rings (SSSR count). The predicted octanol–water partition coefficient (Wildman–Crippen LogP) is 3.53. The smallest absolute Gasteiger partial charge is 0.0802 e. The lowest BCUT2D eigenvalue weighted by atomic mass is 10.0. The van der Waals surface area contributed by atoms with Crippen molar-refractivity contribution in [3.63, 3.8) is 0 Å². The molecule has 22 heavy (non-hydrogen) atoms. The van der Waals surface area contributed by atoms with Gasteiger partial charge in [-0.25, -0.2) is 0 Å². The second-order valence-corrected chi connectivity index (χ2v) is 5.88. The number of hydrogen-bond donors (Lipinski definition) is 2. The molecular formula is C19H26N2O. The average molecular weight is 298 g/mol. The Hall–Kier alpha value is -1.84. The minimum Gasteiger partial charge on any atom is -0.388 e. The molecule has 0 radical (unpaired) electrons. The Kier molecular flexibility index (Phi) is 5.99. The Balaban J connectivity index is 1.81. The lowest BCUT2D eigenvalue weighted by Crippen LogP contribution is -2.21. The van der Waals surface area contributed by atoms with Crippen molar-refractivity contribution in [3.05, 3.63) is 65.7 Å². The van der Waals surface area contributed by atoms with Crippen molar-refractivity contribution in [1.29, 1.82) is 0 Å². The van der Waals surface area contributed by atoms with Gasteiger partial charge in [0.1, 0.15) is 0 Å². The number of hydrogen-bond acceptors (Lipinski definition) is 3. The van der Waals surface area contributed by atoms with Gasteiger partial charge in [-0.1, -0.05) is 42.5 Å². The molecule has 2 aromatic carbocycles. The number of nitrogens with one attached hydrogen (secondary N) is 1. The molecule has 2 unspecified atom stereocenters. The molecule has 2 atom stereocenters. The minimum absolute atomic E-state index is 0.296. The fourth-order valence-electron chi connectivity index (χ4n) is 2.46. The number of rotatable bonds is 7. The van der Waals surface area contributed by atoms with Gasteiger partial charge in [0, 0.05) is 25.8 Å². The Labute approximate surface area is 133 Å². The fraction of sp³-hybridized carbons (Fsp3) is 0.368. The zero-order chi connectivity index (χ0) is 15.9. The summed E-state index contributed by atoms with van der Waals surface area (Å²) >= 11 is 0. The molecular weight excluding hydrogens is 272 g/mol. The normalized spacial score (nSPS) is 13.6. The molecule has 0 bridgehead atoms. The molecule has 0 aliphatic rings. The van der Waals surface area contributed by atoms with Crippen molar-refractivity contribution in [2.45, 2.75) is 25.5 Å². The SMILES string of the molecule is CC(NCCC(O)c1ccc(N(C)C)cc1)c1ccccc1. The van der Waals surface area contributed by atoms with Crippen molar-refractivity contribution in [2.75, 3.05) is 25.5 Å². The summed E-state index contributed by atoms with van der Waals surface area (Å²) < 4.78 is 0. The maximum absolute atomic E-state index is 10.3. The van der Waals surface area contributed by atoms with Gasteiger partial charge in [0.2, 0.25) is 0 Å². The first-order valence-corrected chi connectivity index (χ1v) is 7.81. The van der Waals surface area contributed by atoms with Crippen molar-refractivity contribution in [2.24, 2.45) is 0 Å². The first kappa shape index (κ1) is 16.5. The summed E-state index contributed by atoms with van der Waals surface area (Å²) in [6.45, 7) is 2.93. The number of aliphatic hydroxyl groups excluding tert-OH is 1. The van der Waals surface area contributed by atoms with Crippen molar-refractivity contribution < 1.29 is 5.11 Å². The van der Waals surface area contributed by atoms with Crippen LogP contribution in [-0.2, 0) is 0 Å². The zero-order valence-electron chi connectivity index (χ0n) is 13.7. The second-order valence-electron chi connectivity index (χ2n) is 5.88. The Morgan fingerprint density at radius 1 is 0.955 bits per heavy atom. The van der Waals surface area contributed by atoms with Gasteiger partial charge in [-0.2, -0.15) is 0 Å². The first-order valence-electron chi connectivity index (χ1n) is 7.81. The molecule has 0 amide bonds. The van der Waals surface area contributed by atoms with E-state index in [1.165, 1.54) is 5.56 Å². The van der Waals surface area contributed by atoms with Gasteiger partial charge in [-0.05, 0) is 43.1 Å². The van der Waals surface area contributed by atoms with Gasteiger partial charge in [0.15, 0.2) is 0 Å². The van der Waals surface area contributed by atoms with E-state index in [2.05, 4.69) is 41.4 Å². The van der Waals surface area contributed by atoms with Crippen LogP contribution in [0, 0.1) is 0 Å². The molecule has 0 aliphatic heterocycles. The third-order valence-corrected chi connectivity index (χ3v) is 3.96. The highest BCUT2D eigenvalue weighted by Gasteiger charge is 2.09. The van der Waals surface area contributed by atoms with Crippen LogP contribution < -0.4 is 10.2 Å². The monoisotopic (exact) mass is 298 g/mol. The summed E-state index contributed by atoms with van der Waals surface area (Å²) in [7, 11) is 4.03. The molecule has 3 heteroatoms. The number of benzene rings is 2. The van der Waals surface area contributed by atoms with E-state index in [4.69, 9.17) is 0 Å². The zero-order valence-corrected chi connectivity index (χ0v) is 13.7. The molecule has 3 nitrogen and oxygen atoms in total. The van der Waals surface area contributed by atoms with Crippen LogP contribution in [0.2, 0.25) is 0 Å². The van der Waals surface area contributed by atoms with Gasteiger partial charge in [-0.15, -0.1) is 0 Å². The largest absolute Gasteiger partial charge is 0.388 e. The van der Waals surface area contributed by atoms with Gasteiger partial charge < -0.3 is 15.3 Å². The lowest BCUT2D eigenvalue weighted by molar-refractivity contribution is 0.165. The van der Waals surface area contributed by atoms with Crippen LogP contribution in [0.5, 0.6) is 0 Å². The Morgan fingerprint density at radius 3 is 2.18 bits per heavy atom. The van der Waals surface area contributed by atoms with Crippen LogP contribution >= 0.6 is 0 Å². The van der Waals surface area contributed by atoms with Crippen LogP contribution in [0.25, 0.3) is 0 Å². The fourth-order valence-corrected chi connectivity index (χ4v) is 2.46. The third-order valence-electron chi connectivity index (χ3n) is 3.96. The van der Waals surface area contributed by atoms with Crippen molar-refractivity contribution in [3.8, 4) is 0 Å². The molecule has 0 fully saturated rings. The summed E-state index contributed by atoms with van der Waals surface area (Å²) in [6.07, 6.45) is 0.282. The van der Waals surface area contributed by atoms with E-state index in [1.807, 2.05) is 44.4 Å². The molecule has 0 saturated heterocycles. The van der Waals surface area contributed by atoms with E-state index >= 15 is 0 Å². The molecule has 0 heterocycles. The number of aliphatic hydroxyl groups is 1. The van der Waals surface area contributed by atoms with E-state index in [0.717, 1.165) is 17.8 Å². The lowest BCUT2D eigenvalue weighted by Gasteiger charge is -2.17. The van der Waals surface area contributed by atoms with E-state index in [-0.39, 0.29) is 0 Å². The first-order chi connectivity index (χ1) is 10.6. The number of anilines is 1. The summed E-state index contributed by atoms with van der Waals surface area (Å²) in [5.41, 5.74) is 3.39. The number of nitrogens with zero attached hydrogens (tertiary/aromatic N) is 1. The highest BCUT2D eigenvalue weighted by Crippen LogP contribution is 2.20. The quantitative estimate of drug-likeness (QED) is 0.821. The molecule has 0 spiro atoms. The average Bonchev–Trinajstić information content (AvgIpc) is 2.55. The molecule has 0 saturated carbocycles. The van der Waals surface area contributed by atoms with Crippen LogP contribution in [0.1, 0.15) is 36.6 Å². The topological polar surface area (TPSA) is 35.5 Å². The minimum atomic E-state index is -0.424. The molecule has 118 valence electrons. The summed E-state index contributed by atoms with van der Waals surface area (Å²) in [6, 6.07) is 18.7. The molecule has 2 aromatic rings. The van der Waals surface area contributed by atoms with Gasteiger partial charge >= 0.3 is 0 Å². The third kappa shape index (κ3) is 4.58. The van der Waals surface area contributed by atoms with Gasteiger partial charge in [0.05, 0.1) is 6.10 Å². The van der Waals surface area contributed by atoms with Crippen molar-refractivity contribution in [1.82, 2.24) is 5.32 Å². The van der Waals surface area contributed by atoms with E-state index in [1.54, 1.807) is 0 Å². The Bertz CT molecular complexity index is 551. The van der Waals surface area contributed by atoms with E-state index in [0.29, 0.717) is 12.5 Å². The maximum Gasteiger partial charge on any atom is 0.0802 e. The van der Waals surface area contributed by atoms with Gasteiger partial charge in [-0.3, -0.25) is 0 Å². The van der Waals surface area contributed by atoms with E-state index in [9.17, 15) is 5.11 Å². The van der Waals surface area contributed by atoms with Crippen LogP contribution in [0.4, 0.5) is 5.69 Å². The molecule has 0 aromatic heterocycles. The maximum atomic E-state index is 10.3. The standard InChI is InChI=1S/C19H26N2O/c1-15(16-7-5-4-6-8-16)20-14-13-19(22)17-9-11-18(12-10-17)21(2)3/h4-12,15,19-20,22H,13-14H2,1-3H3. The van der Waals surface area contributed by atoms with Crippen LogP contribution in [-0.4, -0.2) is 25.7 Å². The van der Waals surface area contributed by atoms with Gasteiger partial charge in [0.25, 0.3) is 0 Å². The molecule has 0 aliphatic carbocycles. The highest BCUT2D eigenvalue weighted by molar-refractivity contribution is 5.46. The predicted molar refractivity (Wildman–Crippen MR) is 93.2 cm³/mol.